The maximum atomic E-state index is 13.8. The molecule has 2 atom stereocenters. The number of methoxy groups -OCH3 is 1. The molecule has 0 amide bonds. The molecule has 0 N–H and O–H groups in total. The normalized spacial score (nSPS) is 18.9. The summed E-state index contributed by atoms with van der Waals surface area (Å²) in [5.74, 6) is -0.0531. The molecule has 0 spiro atoms. The van der Waals surface area contributed by atoms with Crippen LogP contribution >= 0.6 is 15.9 Å². The second-order valence-electron chi connectivity index (χ2n) is 4.60. The number of hydrogen-bond donors (Lipinski definition) is 0. The highest BCUT2D eigenvalue weighted by Gasteiger charge is 2.35. The first-order valence-corrected chi connectivity index (χ1v) is 6.63. The van der Waals surface area contributed by atoms with Gasteiger partial charge < -0.3 is 4.74 Å². The average Bonchev–Trinajstić information content (AvgIpc) is 3.10. The molecule has 1 fully saturated rings. The molecule has 1 aliphatic rings. The fourth-order valence-corrected chi connectivity index (χ4v) is 2.94. The lowest BCUT2D eigenvalue weighted by molar-refractivity contribution is 0.402. The van der Waals surface area contributed by atoms with Crippen LogP contribution in [0, 0.1) is 23.5 Å². The zero-order valence-electron chi connectivity index (χ0n) is 9.84. The third-order valence-electron chi connectivity index (χ3n) is 3.39. The van der Waals surface area contributed by atoms with Crippen molar-refractivity contribution in [2.24, 2.45) is 11.8 Å². The predicted octanol–water partition coefficient (Wildman–Crippen LogP) is 4.46. The van der Waals surface area contributed by atoms with Crippen LogP contribution in [0.2, 0.25) is 0 Å². The van der Waals surface area contributed by atoms with Crippen molar-refractivity contribution in [1.29, 1.82) is 0 Å². The van der Waals surface area contributed by atoms with Gasteiger partial charge in [-0.2, -0.15) is 0 Å². The van der Waals surface area contributed by atoms with Gasteiger partial charge in [-0.25, -0.2) is 8.78 Å². The minimum absolute atomic E-state index is 0.116. The van der Waals surface area contributed by atoms with E-state index in [1.54, 1.807) is 0 Å². The van der Waals surface area contributed by atoms with Crippen molar-refractivity contribution >= 4 is 15.9 Å². The lowest BCUT2D eigenvalue weighted by Crippen LogP contribution is -2.10. The van der Waals surface area contributed by atoms with E-state index in [-0.39, 0.29) is 22.1 Å². The highest BCUT2D eigenvalue weighted by molar-refractivity contribution is 9.09. The molecule has 0 radical (unpaired) electrons. The van der Waals surface area contributed by atoms with E-state index < -0.39 is 11.6 Å². The topological polar surface area (TPSA) is 9.23 Å². The van der Waals surface area contributed by atoms with Gasteiger partial charge in [-0.1, -0.05) is 22.9 Å². The van der Waals surface area contributed by atoms with Crippen molar-refractivity contribution in [2.45, 2.75) is 24.6 Å². The Morgan fingerprint density at radius 3 is 2.24 bits per heavy atom. The summed E-state index contributed by atoms with van der Waals surface area (Å²) >= 11 is 3.42. The Morgan fingerprint density at radius 2 is 1.82 bits per heavy atom. The fourth-order valence-electron chi connectivity index (χ4n) is 2.07. The summed E-state index contributed by atoms with van der Waals surface area (Å²) in [6.45, 7) is 2.03. The summed E-state index contributed by atoms with van der Waals surface area (Å²) in [5.41, 5.74) is 0.116. The van der Waals surface area contributed by atoms with Gasteiger partial charge in [-0.3, -0.25) is 0 Å². The number of halogens is 3. The van der Waals surface area contributed by atoms with Crippen molar-refractivity contribution in [3.05, 3.63) is 29.3 Å². The Hall–Kier alpha value is -0.640. The summed E-state index contributed by atoms with van der Waals surface area (Å²) < 4.78 is 32.5. The number of benzene rings is 1. The van der Waals surface area contributed by atoms with Crippen LogP contribution in [0.5, 0.6) is 5.75 Å². The predicted molar refractivity (Wildman–Crippen MR) is 66.5 cm³/mol. The Balaban J connectivity index is 2.30. The van der Waals surface area contributed by atoms with Gasteiger partial charge in [0.2, 0.25) is 0 Å². The molecule has 0 bridgehead atoms. The summed E-state index contributed by atoms with van der Waals surface area (Å²) in [6, 6.07) is 2.46. The van der Waals surface area contributed by atoms with E-state index in [1.807, 2.05) is 6.92 Å². The molecule has 0 aromatic heterocycles. The summed E-state index contributed by atoms with van der Waals surface area (Å²) in [4.78, 5) is -0.277. The van der Waals surface area contributed by atoms with Gasteiger partial charge in [0.25, 0.3) is 0 Å². The maximum Gasteiger partial charge on any atom is 0.134 e. The monoisotopic (exact) mass is 304 g/mol. The van der Waals surface area contributed by atoms with Gasteiger partial charge in [0, 0.05) is 22.5 Å². The molecule has 2 unspecified atom stereocenters. The third-order valence-corrected chi connectivity index (χ3v) is 4.68. The van der Waals surface area contributed by atoms with Crippen molar-refractivity contribution < 1.29 is 13.5 Å². The molecule has 0 heterocycles. The highest BCUT2D eigenvalue weighted by atomic mass is 79.9. The first-order valence-electron chi connectivity index (χ1n) is 5.71. The van der Waals surface area contributed by atoms with Crippen molar-refractivity contribution in [3.63, 3.8) is 0 Å². The Kier molecular flexibility index (Phi) is 3.71. The Morgan fingerprint density at radius 1 is 1.29 bits per heavy atom. The van der Waals surface area contributed by atoms with E-state index in [2.05, 4.69) is 15.9 Å². The number of ether oxygens (including phenoxy) is 1. The summed E-state index contributed by atoms with van der Waals surface area (Å²) in [6.07, 6.45) is 2.31. The molecule has 0 saturated heterocycles. The smallest absolute Gasteiger partial charge is 0.134 e. The van der Waals surface area contributed by atoms with Crippen LogP contribution in [0.25, 0.3) is 0 Å². The van der Waals surface area contributed by atoms with E-state index in [0.29, 0.717) is 5.92 Å². The molecule has 1 aliphatic carbocycles. The zero-order valence-corrected chi connectivity index (χ0v) is 11.4. The molecule has 1 nitrogen and oxygen atoms in total. The first kappa shape index (κ1) is 12.8. The summed E-state index contributed by atoms with van der Waals surface area (Å²) in [5, 5.41) is 0. The van der Waals surface area contributed by atoms with Crippen LogP contribution < -0.4 is 4.74 Å². The molecule has 0 aliphatic heterocycles. The van der Waals surface area contributed by atoms with Gasteiger partial charge >= 0.3 is 0 Å². The molecule has 2 rings (SSSR count). The quantitative estimate of drug-likeness (QED) is 0.747. The lowest BCUT2D eigenvalue weighted by Gasteiger charge is -2.19. The van der Waals surface area contributed by atoms with E-state index in [4.69, 9.17) is 4.74 Å². The van der Waals surface area contributed by atoms with Crippen LogP contribution in [0.15, 0.2) is 12.1 Å². The van der Waals surface area contributed by atoms with Gasteiger partial charge in [-0.05, 0) is 24.7 Å². The van der Waals surface area contributed by atoms with Crippen molar-refractivity contribution in [3.8, 4) is 5.75 Å². The molecule has 17 heavy (non-hydrogen) atoms. The summed E-state index contributed by atoms with van der Waals surface area (Å²) in [7, 11) is 1.40. The largest absolute Gasteiger partial charge is 0.497 e. The number of hydrogen-bond acceptors (Lipinski definition) is 1. The van der Waals surface area contributed by atoms with E-state index >= 15 is 0 Å². The average molecular weight is 305 g/mol. The van der Waals surface area contributed by atoms with Crippen LogP contribution in [0.4, 0.5) is 8.78 Å². The third kappa shape index (κ3) is 2.62. The van der Waals surface area contributed by atoms with E-state index in [0.717, 1.165) is 12.8 Å². The van der Waals surface area contributed by atoms with E-state index in [1.165, 1.54) is 19.2 Å². The zero-order chi connectivity index (χ0) is 12.6. The SMILES string of the molecule is COc1cc(F)c(C(Br)C(C)C2CC2)c(F)c1. The second kappa shape index (κ2) is 4.92. The molecule has 1 saturated carbocycles. The van der Waals surface area contributed by atoms with Crippen LogP contribution in [-0.2, 0) is 0 Å². The standard InChI is InChI=1S/C13H15BrF2O/c1-7(8-3-4-8)13(14)12-10(15)5-9(17-2)6-11(12)16/h5-8,13H,3-4H2,1-2H3. The second-order valence-corrected chi connectivity index (χ2v) is 5.59. The Bertz CT molecular complexity index is 395. The highest BCUT2D eigenvalue weighted by Crippen LogP contribution is 2.47. The molecule has 1 aromatic carbocycles. The van der Waals surface area contributed by atoms with Gasteiger partial charge in [0.1, 0.15) is 17.4 Å². The van der Waals surface area contributed by atoms with Crippen LogP contribution in [-0.4, -0.2) is 7.11 Å². The molecule has 4 heteroatoms. The van der Waals surface area contributed by atoms with Crippen LogP contribution in [0.1, 0.15) is 30.2 Å². The maximum absolute atomic E-state index is 13.8. The van der Waals surface area contributed by atoms with Gasteiger partial charge in [-0.15, -0.1) is 0 Å². The number of rotatable bonds is 4. The molecular formula is C13H15BrF2O. The minimum Gasteiger partial charge on any atom is -0.497 e. The fraction of sp³-hybridized carbons (Fsp3) is 0.538. The molecule has 94 valence electrons. The lowest BCUT2D eigenvalue weighted by atomic mass is 9.95. The van der Waals surface area contributed by atoms with Crippen LogP contribution in [0.3, 0.4) is 0 Å². The Labute approximate surface area is 108 Å². The molecular weight excluding hydrogens is 290 g/mol. The number of alkyl halides is 1. The van der Waals surface area contributed by atoms with Gasteiger partial charge in [0.15, 0.2) is 0 Å². The van der Waals surface area contributed by atoms with Gasteiger partial charge in [0.05, 0.1) is 7.11 Å². The van der Waals surface area contributed by atoms with Crippen molar-refractivity contribution in [1.82, 2.24) is 0 Å². The van der Waals surface area contributed by atoms with E-state index in [9.17, 15) is 8.78 Å². The first-order chi connectivity index (χ1) is 8.04. The van der Waals surface area contributed by atoms with Crippen molar-refractivity contribution in [2.75, 3.05) is 7.11 Å². The minimum atomic E-state index is -0.545. The molecule has 1 aromatic rings.